The summed E-state index contributed by atoms with van der Waals surface area (Å²) in [5.74, 6) is -1.06. The average Bonchev–Trinajstić information content (AvgIpc) is 3.03. The molecule has 2 aliphatic heterocycles. The first kappa shape index (κ1) is 17.2. The lowest BCUT2D eigenvalue weighted by Gasteiger charge is -2.22. The molecule has 1 atom stereocenters. The molecule has 0 bridgehead atoms. The second kappa shape index (κ2) is 6.36. The lowest BCUT2D eigenvalue weighted by Crippen LogP contribution is -2.46. The number of hydrogen-bond donors (Lipinski definition) is 2. The number of rotatable bonds is 3. The number of amides is 3. The molecular weight excluding hydrogens is 350 g/mol. The molecule has 3 rings (SSSR count). The quantitative estimate of drug-likeness (QED) is 0.765. The third kappa shape index (κ3) is 3.43. The van der Waals surface area contributed by atoms with Gasteiger partial charge in [-0.3, -0.25) is 14.4 Å². The minimum atomic E-state index is -4.14. The second-order valence-corrected chi connectivity index (χ2v) is 7.52. The Bertz CT molecular complexity index is 851. The van der Waals surface area contributed by atoms with Crippen molar-refractivity contribution in [2.24, 2.45) is 0 Å². The summed E-state index contributed by atoms with van der Waals surface area (Å²) >= 11 is 0. The predicted molar refractivity (Wildman–Crippen MR) is 86.3 cm³/mol. The zero-order chi connectivity index (χ0) is 18.2. The fraction of sp³-hybridized carbons (Fsp3) is 0.400. The van der Waals surface area contributed by atoms with Gasteiger partial charge in [0.15, 0.2) is 6.61 Å². The summed E-state index contributed by atoms with van der Waals surface area (Å²) in [5.41, 5.74) is 0.220. The number of benzene rings is 1. The first-order chi connectivity index (χ1) is 11.8. The van der Waals surface area contributed by atoms with Crippen molar-refractivity contribution in [2.75, 3.05) is 18.5 Å². The molecule has 134 valence electrons. The van der Waals surface area contributed by atoms with E-state index in [1.165, 1.54) is 30.0 Å². The second-order valence-electron chi connectivity index (χ2n) is 5.84. The van der Waals surface area contributed by atoms with Crippen molar-refractivity contribution in [1.82, 2.24) is 9.62 Å². The Labute approximate surface area is 144 Å². The van der Waals surface area contributed by atoms with E-state index in [0.717, 1.165) is 0 Å². The summed E-state index contributed by atoms with van der Waals surface area (Å²) in [7, 11) is -4.14. The van der Waals surface area contributed by atoms with Gasteiger partial charge in [-0.15, -0.1) is 0 Å². The molecule has 1 saturated heterocycles. The molecule has 0 radical (unpaired) electrons. The maximum Gasteiger partial charge on any atom is 0.264 e. The lowest BCUT2D eigenvalue weighted by atomic mass is 10.2. The Morgan fingerprint density at radius 2 is 2.12 bits per heavy atom. The minimum Gasteiger partial charge on any atom is -0.482 e. The number of carbonyl (C=O) groups is 3. The van der Waals surface area contributed by atoms with Gasteiger partial charge in [-0.2, -0.15) is 0 Å². The maximum atomic E-state index is 12.5. The van der Waals surface area contributed by atoms with Crippen molar-refractivity contribution < 1.29 is 27.5 Å². The van der Waals surface area contributed by atoms with Crippen LogP contribution < -0.4 is 14.8 Å². The normalized spacial score (nSPS) is 19.6. The monoisotopic (exact) mass is 367 g/mol. The molecule has 0 spiro atoms. The summed E-state index contributed by atoms with van der Waals surface area (Å²) in [6.07, 6.45) is 1.05. The van der Waals surface area contributed by atoms with Gasteiger partial charge in [0, 0.05) is 13.5 Å². The highest BCUT2D eigenvalue weighted by Gasteiger charge is 2.34. The molecule has 2 heterocycles. The van der Waals surface area contributed by atoms with Gasteiger partial charge in [0.05, 0.1) is 10.6 Å². The average molecular weight is 367 g/mol. The molecule has 2 aliphatic rings. The summed E-state index contributed by atoms with van der Waals surface area (Å²) in [6, 6.07) is 3.11. The third-order valence-corrected chi connectivity index (χ3v) is 5.43. The van der Waals surface area contributed by atoms with Gasteiger partial charge in [0.2, 0.25) is 5.91 Å². The van der Waals surface area contributed by atoms with Crippen LogP contribution in [0.4, 0.5) is 5.69 Å². The van der Waals surface area contributed by atoms with Gasteiger partial charge >= 0.3 is 0 Å². The number of anilines is 1. The number of fused-ring (bicyclic) bond motifs is 1. The van der Waals surface area contributed by atoms with Crippen LogP contribution in [-0.2, 0) is 24.4 Å². The van der Waals surface area contributed by atoms with Gasteiger partial charge in [0.1, 0.15) is 11.8 Å². The molecule has 0 aliphatic carbocycles. The van der Waals surface area contributed by atoms with Gasteiger partial charge < -0.3 is 15.0 Å². The van der Waals surface area contributed by atoms with Gasteiger partial charge in [-0.05, 0) is 31.0 Å². The topological polar surface area (TPSA) is 122 Å². The highest BCUT2D eigenvalue weighted by Crippen LogP contribution is 2.30. The van der Waals surface area contributed by atoms with E-state index in [1.54, 1.807) is 0 Å². The molecule has 0 saturated carbocycles. The molecule has 0 aromatic heterocycles. The Morgan fingerprint density at radius 3 is 2.84 bits per heavy atom. The van der Waals surface area contributed by atoms with Crippen molar-refractivity contribution in [3.05, 3.63) is 18.2 Å². The summed E-state index contributed by atoms with van der Waals surface area (Å²) < 4.78 is 32.1. The van der Waals surface area contributed by atoms with Crippen molar-refractivity contribution in [3.8, 4) is 5.75 Å². The highest BCUT2D eigenvalue weighted by atomic mass is 32.2. The van der Waals surface area contributed by atoms with Gasteiger partial charge in [-0.1, -0.05) is 0 Å². The number of nitrogens with zero attached hydrogens (tertiary/aromatic N) is 1. The predicted octanol–water partition coefficient (Wildman–Crippen LogP) is -0.167. The van der Waals surface area contributed by atoms with Crippen LogP contribution in [-0.4, -0.2) is 50.2 Å². The van der Waals surface area contributed by atoms with Crippen LogP contribution in [0.25, 0.3) is 0 Å². The van der Waals surface area contributed by atoms with Crippen LogP contribution in [0.3, 0.4) is 0 Å². The number of hydrogen-bond acceptors (Lipinski definition) is 6. The SMILES string of the molecule is CC(=O)N1CCCC1C(=O)NS(=O)(=O)c1ccc2c(c1)NC(=O)CO2. The van der Waals surface area contributed by atoms with E-state index < -0.39 is 27.9 Å². The Kier molecular flexibility index (Phi) is 4.38. The van der Waals surface area contributed by atoms with Crippen molar-refractivity contribution in [2.45, 2.75) is 30.7 Å². The number of nitrogens with one attached hydrogen (secondary N) is 2. The number of likely N-dealkylation sites (tertiary alicyclic amines) is 1. The van der Waals surface area contributed by atoms with Crippen LogP contribution in [0, 0.1) is 0 Å². The zero-order valence-corrected chi connectivity index (χ0v) is 14.3. The molecule has 1 unspecified atom stereocenters. The number of carbonyl (C=O) groups excluding carboxylic acids is 3. The standard InChI is InChI=1S/C15H17N3O6S/c1-9(19)18-6-2-3-12(18)15(21)17-25(22,23)10-4-5-13-11(7-10)16-14(20)8-24-13/h4-5,7,12H,2-3,6,8H2,1H3,(H,16,20)(H,17,21). The minimum absolute atomic E-state index is 0.140. The van der Waals surface area contributed by atoms with Crippen molar-refractivity contribution >= 4 is 33.4 Å². The van der Waals surface area contributed by atoms with Crippen LogP contribution in [0.1, 0.15) is 19.8 Å². The van der Waals surface area contributed by atoms with E-state index in [-0.39, 0.29) is 23.1 Å². The molecular formula is C15H17N3O6S. The largest absolute Gasteiger partial charge is 0.482 e. The van der Waals surface area contributed by atoms with Gasteiger partial charge in [0.25, 0.3) is 21.8 Å². The van der Waals surface area contributed by atoms with E-state index in [2.05, 4.69) is 5.32 Å². The molecule has 1 aromatic rings. The number of sulfonamides is 1. The molecule has 1 aromatic carbocycles. The van der Waals surface area contributed by atoms with E-state index in [0.29, 0.717) is 25.1 Å². The fourth-order valence-electron chi connectivity index (χ4n) is 2.90. The Balaban J connectivity index is 1.80. The fourth-order valence-corrected chi connectivity index (χ4v) is 3.94. The first-order valence-electron chi connectivity index (χ1n) is 7.68. The summed E-state index contributed by atoms with van der Waals surface area (Å²) in [6.45, 7) is 1.63. The van der Waals surface area contributed by atoms with Crippen LogP contribution in [0.15, 0.2) is 23.1 Å². The van der Waals surface area contributed by atoms with Crippen LogP contribution >= 0.6 is 0 Å². The van der Waals surface area contributed by atoms with E-state index >= 15 is 0 Å². The molecule has 3 amide bonds. The molecule has 9 nitrogen and oxygen atoms in total. The highest BCUT2D eigenvalue weighted by molar-refractivity contribution is 7.90. The van der Waals surface area contributed by atoms with E-state index in [4.69, 9.17) is 4.74 Å². The van der Waals surface area contributed by atoms with Crippen molar-refractivity contribution in [3.63, 3.8) is 0 Å². The Hall–Kier alpha value is -2.62. The Morgan fingerprint density at radius 1 is 1.36 bits per heavy atom. The molecule has 10 heteroatoms. The van der Waals surface area contributed by atoms with Crippen LogP contribution in [0.5, 0.6) is 5.75 Å². The summed E-state index contributed by atoms with van der Waals surface area (Å²) in [4.78, 5) is 36.4. The molecule has 1 fully saturated rings. The number of ether oxygens (including phenoxy) is 1. The van der Waals surface area contributed by atoms with Crippen molar-refractivity contribution in [1.29, 1.82) is 0 Å². The molecule has 2 N–H and O–H groups in total. The summed E-state index contributed by atoms with van der Waals surface area (Å²) in [5, 5.41) is 2.51. The smallest absolute Gasteiger partial charge is 0.264 e. The third-order valence-electron chi connectivity index (χ3n) is 4.09. The zero-order valence-electron chi connectivity index (χ0n) is 13.4. The lowest BCUT2D eigenvalue weighted by molar-refractivity contribution is -0.136. The van der Waals surface area contributed by atoms with E-state index in [9.17, 15) is 22.8 Å². The molecule has 25 heavy (non-hydrogen) atoms. The maximum absolute atomic E-state index is 12.5. The van der Waals surface area contributed by atoms with E-state index in [1.807, 2.05) is 4.72 Å². The van der Waals surface area contributed by atoms with Crippen LogP contribution in [0.2, 0.25) is 0 Å². The van der Waals surface area contributed by atoms with Gasteiger partial charge in [-0.25, -0.2) is 13.1 Å². The first-order valence-corrected chi connectivity index (χ1v) is 9.17.